The molecule has 5 unspecified atom stereocenters. The number of hydrogen-bond acceptors (Lipinski definition) is 5. The van der Waals surface area contributed by atoms with Gasteiger partial charge in [-0.05, 0) is 68.9 Å². The average Bonchev–Trinajstić information content (AvgIpc) is 2.89. The molecule has 9 nitrogen and oxygen atoms in total. The van der Waals surface area contributed by atoms with E-state index in [1.807, 2.05) is 0 Å². The highest BCUT2D eigenvalue weighted by Crippen LogP contribution is 2.47. The third kappa shape index (κ3) is 5.06. The molecule has 39 heavy (non-hydrogen) atoms. The molecule has 2 N–H and O–H groups in total. The maximum atomic E-state index is 13.9. The van der Waals surface area contributed by atoms with Gasteiger partial charge in [0, 0.05) is 24.2 Å². The summed E-state index contributed by atoms with van der Waals surface area (Å²) in [6, 6.07) is 8.06. The molecule has 1 amide bonds. The van der Waals surface area contributed by atoms with Crippen LogP contribution in [-0.4, -0.2) is 55.7 Å². The SMILES string of the molecule is O=C(O)CNC(=O)Cn1c(=O)n(C2CC3CCCC(C2)N3C2CC3CCCCC2CC3)c(=O)c2ccccc21. The molecule has 9 heteroatoms. The molecule has 5 atom stereocenters. The summed E-state index contributed by atoms with van der Waals surface area (Å²) >= 11 is 0. The van der Waals surface area contributed by atoms with Gasteiger partial charge in [0.1, 0.15) is 13.1 Å². The fourth-order valence-electron chi connectivity index (χ4n) is 8.43. The standard InChI is InChI=1S/C30H40N4O5/c35-27(31-17-28(36)37)18-32-25-11-4-3-10-24(25)29(38)34(30(32)39)23-15-21-8-5-9-22(16-23)33(21)26-14-19-6-1-2-7-20(26)13-12-19/h3-4,10-11,19-23,26H,1-2,5-9,12-18H2,(H,31,35)(H,36,37). The van der Waals surface area contributed by atoms with Crippen LogP contribution in [0.2, 0.25) is 0 Å². The zero-order valence-corrected chi connectivity index (χ0v) is 22.6. The molecular formula is C30H40N4O5. The van der Waals surface area contributed by atoms with Gasteiger partial charge in [0.25, 0.3) is 5.56 Å². The van der Waals surface area contributed by atoms with Gasteiger partial charge in [-0.1, -0.05) is 44.2 Å². The van der Waals surface area contributed by atoms with E-state index in [1.54, 1.807) is 24.3 Å². The maximum Gasteiger partial charge on any atom is 0.332 e. The van der Waals surface area contributed by atoms with Crippen molar-refractivity contribution in [2.24, 2.45) is 11.8 Å². The number of aromatic nitrogens is 2. The van der Waals surface area contributed by atoms with Crippen molar-refractivity contribution in [1.82, 2.24) is 19.4 Å². The van der Waals surface area contributed by atoms with Gasteiger partial charge in [-0.15, -0.1) is 0 Å². The van der Waals surface area contributed by atoms with Crippen LogP contribution in [-0.2, 0) is 16.1 Å². The van der Waals surface area contributed by atoms with E-state index in [0.717, 1.165) is 37.5 Å². The normalized spacial score (nSPS) is 31.0. The Morgan fingerprint density at radius 2 is 1.62 bits per heavy atom. The molecule has 5 fully saturated rings. The summed E-state index contributed by atoms with van der Waals surface area (Å²) in [7, 11) is 0. The van der Waals surface area contributed by atoms with Gasteiger partial charge in [-0.2, -0.15) is 0 Å². The lowest BCUT2D eigenvalue weighted by atomic mass is 9.69. The Morgan fingerprint density at radius 3 is 2.38 bits per heavy atom. The van der Waals surface area contributed by atoms with Crippen LogP contribution in [0.3, 0.4) is 0 Å². The van der Waals surface area contributed by atoms with Crippen LogP contribution in [0.1, 0.15) is 83.1 Å². The van der Waals surface area contributed by atoms with Crippen molar-refractivity contribution in [2.45, 2.75) is 108 Å². The molecule has 7 rings (SSSR count). The third-order valence-corrected chi connectivity index (χ3v) is 10.1. The summed E-state index contributed by atoms with van der Waals surface area (Å²) in [5.74, 6) is -0.110. The number of aliphatic carboxylic acids is 1. The van der Waals surface area contributed by atoms with Crippen LogP contribution >= 0.6 is 0 Å². The number of rotatable bonds is 6. The zero-order chi connectivity index (χ0) is 27.1. The van der Waals surface area contributed by atoms with Crippen molar-refractivity contribution in [1.29, 1.82) is 0 Å². The number of amides is 1. The van der Waals surface area contributed by atoms with E-state index in [0.29, 0.717) is 29.0 Å². The van der Waals surface area contributed by atoms with E-state index in [4.69, 9.17) is 5.11 Å². The lowest BCUT2D eigenvalue weighted by Gasteiger charge is -2.56. The summed E-state index contributed by atoms with van der Waals surface area (Å²) in [4.78, 5) is 53.9. The molecule has 0 radical (unpaired) electrons. The molecule has 3 saturated carbocycles. The van der Waals surface area contributed by atoms with Gasteiger partial charge in [0.05, 0.1) is 10.9 Å². The van der Waals surface area contributed by atoms with E-state index in [1.165, 1.54) is 60.5 Å². The van der Waals surface area contributed by atoms with Crippen LogP contribution in [0.25, 0.3) is 10.9 Å². The first-order chi connectivity index (χ1) is 18.9. The summed E-state index contributed by atoms with van der Waals surface area (Å²) < 4.78 is 2.75. The Bertz CT molecular complexity index is 1350. The lowest BCUT2D eigenvalue weighted by molar-refractivity contribution is -0.138. The number of carboxylic acid groups (broad SMARTS) is 1. The Balaban J connectivity index is 1.33. The number of carbonyl (C=O) groups excluding carboxylic acids is 1. The largest absolute Gasteiger partial charge is 0.480 e. The van der Waals surface area contributed by atoms with Gasteiger partial charge in [0.15, 0.2) is 0 Å². The van der Waals surface area contributed by atoms with E-state index < -0.39 is 24.1 Å². The van der Waals surface area contributed by atoms with Gasteiger partial charge in [0.2, 0.25) is 5.91 Å². The van der Waals surface area contributed by atoms with Crippen LogP contribution < -0.4 is 16.6 Å². The van der Waals surface area contributed by atoms with E-state index >= 15 is 0 Å². The minimum absolute atomic E-state index is 0.208. The smallest absolute Gasteiger partial charge is 0.332 e. The molecule has 0 spiro atoms. The van der Waals surface area contributed by atoms with Gasteiger partial charge in [-0.25, -0.2) is 4.79 Å². The average molecular weight is 537 g/mol. The Kier molecular flexibility index (Phi) is 7.35. The minimum atomic E-state index is -1.15. The molecular weight excluding hydrogens is 496 g/mol. The van der Waals surface area contributed by atoms with E-state index in [2.05, 4.69) is 10.2 Å². The van der Waals surface area contributed by atoms with Crippen molar-refractivity contribution in [3.63, 3.8) is 0 Å². The van der Waals surface area contributed by atoms with Crippen molar-refractivity contribution in [3.05, 3.63) is 45.1 Å². The number of nitrogens with one attached hydrogen (secondary N) is 1. The molecule has 5 aliphatic rings. The zero-order valence-electron chi connectivity index (χ0n) is 22.6. The molecule has 1 aromatic heterocycles. The summed E-state index contributed by atoms with van der Waals surface area (Å²) in [5.41, 5.74) is -0.373. The fourth-order valence-corrected chi connectivity index (χ4v) is 8.43. The summed E-state index contributed by atoms with van der Waals surface area (Å²) in [6.07, 6.45) is 14.4. The predicted molar refractivity (Wildman–Crippen MR) is 148 cm³/mol. The van der Waals surface area contributed by atoms with Gasteiger partial charge < -0.3 is 10.4 Å². The Labute approximate surface area is 228 Å². The molecule has 2 saturated heterocycles. The summed E-state index contributed by atoms with van der Waals surface area (Å²) in [5, 5.41) is 11.7. The lowest BCUT2D eigenvalue weighted by Crippen LogP contribution is -2.61. The first-order valence-electron chi connectivity index (χ1n) is 14.9. The predicted octanol–water partition coefficient (Wildman–Crippen LogP) is 3.28. The van der Waals surface area contributed by atoms with Crippen molar-refractivity contribution < 1.29 is 14.7 Å². The Hall–Kier alpha value is -2.94. The highest BCUT2D eigenvalue weighted by Gasteiger charge is 2.46. The fraction of sp³-hybridized carbons (Fsp3) is 0.667. The minimum Gasteiger partial charge on any atom is -0.480 e. The van der Waals surface area contributed by atoms with Crippen LogP contribution in [0.4, 0.5) is 0 Å². The number of carbonyl (C=O) groups is 2. The molecule has 3 heterocycles. The number of hydrogen-bond donors (Lipinski definition) is 2. The van der Waals surface area contributed by atoms with Gasteiger partial charge >= 0.3 is 11.7 Å². The summed E-state index contributed by atoms with van der Waals surface area (Å²) in [6.45, 7) is -0.847. The maximum absolute atomic E-state index is 13.9. The first-order valence-corrected chi connectivity index (χ1v) is 14.9. The highest BCUT2D eigenvalue weighted by atomic mass is 16.4. The number of fused-ring (bicyclic) bond motifs is 9. The molecule has 3 aliphatic carbocycles. The number of nitrogens with zero attached hydrogens (tertiary/aromatic N) is 3. The number of piperidine rings is 2. The second kappa shape index (κ2) is 10.9. The Morgan fingerprint density at radius 1 is 0.872 bits per heavy atom. The van der Waals surface area contributed by atoms with Crippen molar-refractivity contribution >= 4 is 22.8 Å². The number of carboxylic acids is 1. The van der Waals surface area contributed by atoms with Crippen LogP contribution in [0.5, 0.6) is 0 Å². The quantitative estimate of drug-likeness (QED) is 0.586. The number of benzene rings is 1. The molecule has 1 aromatic carbocycles. The molecule has 2 aromatic rings. The van der Waals surface area contributed by atoms with Gasteiger partial charge in [-0.3, -0.25) is 28.4 Å². The topological polar surface area (TPSA) is 114 Å². The monoisotopic (exact) mass is 536 g/mol. The van der Waals surface area contributed by atoms with E-state index in [9.17, 15) is 19.2 Å². The molecule has 4 bridgehead atoms. The van der Waals surface area contributed by atoms with Crippen LogP contribution in [0, 0.1) is 11.8 Å². The number of para-hydroxylation sites is 1. The molecule has 210 valence electrons. The third-order valence-electron chi connectivity index (χ3n) is 10.1. The van der Waals surface area contributed by atoms with Crippen molar-refractivity contribution in [3.8, 4) is 0 Å². The van der Waals surface area contributed by atoms with E-state index in [-0.39, 0.29) is 18.1 Å². The first kappa shape index (κ1) is 26.3. The highest BCUT2D eigenvalue weighted by molar-refractivity contribution is 5.83. The molecule has 2 aliphatic heterocycles. The van der Waals surface area contributed by atoms with Crippen molar-refractivity contribution in [2.75, 3.05) is 6.54 Å². The van der Waals surface area contributed by atoms with Crippen LogP contribution in [0.15, 0.2) is 33.9 Å². The second-order valence-corrected chi connectivity index (χ2v) is 12.3. The second-order valence-electron chi connectivity index (χ2n) is 12.3.